The van der Waals surface area contributed by atoms with Crippen molar-refractivity contribution in [1.82, 2.24) is 30.4 Å². The number of imidazole rings is 1. The lowest BCUT2D eigenvalue weighted by Crippen LogP contribution is -2.59. The summed E-state index contributed by atoms with van der Waals surface area (Å²) in [6.45, 7) is 8.65. The lowest BCUT2D eigenvalue weighted by molar-refractivity contribution is -0.146. The number of likely N-dealkylation sites (tertiary alicyclic amines) is 1. The largest absolute Gasteiger partial charge is 0.453 e. The van der Waals surface area contributed by atoms with E-state index in [-0.39, 0.29) is 48.7 Å². The van der Waals surface area contributed by atoms with Gasteiger partial charge in [-0.1, -0.05) is 88.4 Å². The second-order valence-electron chi connectivity index (χ2n) is 14.0. The Balaban J connectivity index is 1.06. The number of hydrogen-bond acceptors (Lipinski definition) is 6. The average molecular weight is 679 g/mol. The van der Waals surface area contributed by atoms with E-state index in [2.05, 4.69) is 69.2 Å². The van der Waals surface area contributed by atoms with E-state index in [9.17, 15) is 19.2 Å². The van der Waals surface area contributed by atoms with Gasteiger partial charge in [-0.15, -0.1) is 0 Å². The third-order valence-electron chi connectivity index (χ3n) is 9.90. The third-order valence-corrected chi connectivity index (χ3v) is 9.90. The first-order chi connectivity index (χ1) is 24.0. The molecule has 3 heterocycles. The van der Waals surface area contributed by atoms with Crippen molar-refractivity contribution in [2.24, 2.45) is 11.8 Å². The predicted molar refractivity (Wildman–Crippen MR) is 191 cm³/mol. The standard InChI is InChI=1S/C39H46N6O5/c1-23(2)35-37(47)44(22-34(46)42-35)21-33-40-20-31(41-33)28-14-12-26(13-15-28)25-8-10-27(11-9-25)29-16-17-30(19-29)32-7-6-18-45(32)38(48)36(24(3)4)43-39(49)50-5/h8-17,20,23-24,32,35-36H,6-7,18-19,21-22H2,1-5H3,(H,40,41)(H,42,46)(H,43,49)/t32-,35-,36-/m0/s1. The Hall–Kier alpha value is -5.19. The highest BCUT2D eigenvalue weighted by Crippen LogP contribution is 2.36. The normalized spacial score (nSPS) is 19.8. The number of H-pyrrole nitrogens is 1. The van der Waals surface area contributed by atoms with Gasteiger partial charge in [0.2, 0.25) is 17.7 Å². The Labute approximate surface area is 293 Å². The number of benzene rings is 2. The molecule has 0 radical (unpaired) electrons. The minimum atomic E-state index is -0.628. The van der Waals surface area contributed by atoms with E-state index in [4.69, 9.17) is 4.74 Å². The van der Waals surface area contributed by atoms with Gasteiger partial charge in [0.05, 0.1) is 31.6 Å². The first-order valence-electron chi connectivity index (χ1n) is 17.4. The summed E-state index contributed by atoms with van der Waals surface area (Å²) in [6, 6.07) is 15.7. The van der Waals surface area contributed by atoms with Crippen molar-refractivity contribution >= 4 is 29.4 Å². The van der Waals surface area contributed by atoms with Crippen molar-refractivity contribution in [3.8, 4) is 22.4 Å². The van der Waals surface area contributed by atoms with Gasteiger partial charge in [0, 0.05) is 6.54 Å². The first-order valence-corrected chi connectivity index (χ1v) is 17.4. The maximum Gasteiger partial charge on any atom is 0.407 e. The predicted octanol–water partition coefficient (Wildman–Crippen LogP) is 5.31. The molecule has 4 amide bonds. The molecule has 0 spiro atoms. The summed E-state index contributed by atoms with van der Waals surface area (Å²) < 4.78 is 4.77. The van der Waals surface area contributed by atoms with Crippen molar-refractivity contribution in [3.63, 3.8) is 0 Å². The molecular formula is C39H46N6O5. The molecule has 11 heteroatoms. The molecule has 0 saturated carbocycles. The van der Waals surface area contributed by atoms with E-state index in [1.54, 1.807) is 11.1 Å². The summed E-state index contributed by atoms with van der Waals surface area (Å²) in [5.74, 6) is 0.273. The monoisotopic (exact) mass is 678 g/mol. The minimum absolute atomic E-state index is 0.00950. The lowest BCUT2D eigenvalue weighted by atomic mass is 9.95. The fourth-order valence-electron chi connectivity index (χ4n) is 7.07. The maximum atomic E-state index is 13.5. The van der Waals surface area contributed by atoms with Gasteiger partial charge in [-0.25, -0.2) is 9.78 Å². The van der Waals surface area contributed by atoms with Crippen molar-refractivity contribution in [3.05, 3.63) is 83.8 Å². The molecule has 2 aliphatic heterocycles. The van der Waals surface area contributed by atoms with Gasteiger partial charge in [-0.3, -0.25) is 14.4 Å². The van der Waals surface area contributed by atoms with Crippen LogP contribution in [0.3, 0.4) is 0 Å². The van der Waals surface area contributed by atoms with Gasteiger partial charge in [0.1, 0.15) is 24.5 Å². The zero-order valence-electron chi connectivity index (χ0n) is 29.4. The average Bonchev–Trinajstić information content (AvgIpc) is 3.90. The minimum Gasteiger partial charge on any atom is -0.453 e. The summed E-state index contributed by atoms with van der Waals surface area (Å²) in [4.78, 5) is 61.8. The number of nitrogens with one attached hydrogen (secondary N) is 3. The van der Waals surface area contributed by atoms with E-state index in [0.717, 1.165) is 47.2 Å². The second-order valence-corrected chi connectivity index (χ2v) is 14.0. The van der Waals surface area contributed by atoms with Crippen LogP contribution in [0, 0.1) is 11.8 Å². The molecular weight excluding hydrogens is 632 g/mol. The molecule has 2 fully saturated rings. The third kappa shape index (κ3) is 7.36. The zero-order valence-corrected chi connectivity index (χ0v) is 29.4. The van der Waals surface area contributed by atoms with Crippen LogP contribution in [-0.4, -0.2) is 81.9 Å². The number of aromatic nitrogens is 2. The smallest absolute Gasteiger partial charge is 0.407 e. The van der Waals surface area contributed by atoms with Gasteiger partial charge >= 0.3 is 6.09 Å². The number of piperazine rings is 1. The molecule has 3 N–H and O–H groups in total. The number of nitrogens with zero attached hydrogens (tertiary/aromatic N) is 3. The van der Waals surface area contributed by atoms with Crippen LogP contribution in [0.25, 0.3) is 28.0 Å². The Bertz CT molecular complexity index is 1810. The van der Waals surface area contributed by atoms with Crippen molar-refractivity contribution in [1.29, 1.82) is 0 Å². The highest BCUT2D eigenvalue weighted by Gasteiger charge is 2.38. The van der Waals surface area contributed by atoms with E-state index in [0.29, 0.717) is 12.4 Å². The van der Waals surface area contributed by atoms with Crippen LogP contribution in [-0.2, 0) is 25.7 Å². The van der Waals surface area contributed by atoms with Crippen LogP contribution in [0.4, 0.5) is 4.79 Å². The highest BCUT2D eigenvalue weighted by atomic mass is 16.5. The van der Waals surface area contributed by atoms with E-state index in [1.807, 2.05) is 44.7 Å². The van der Waals surface area contributed by atoms with Crippen molar-refractivity contribution < 1.29 is 23.9 Å². The van der Waals surface area contributed by atoms with Crippen LogP contribution in [0.15, 0.2) is 72.5 Å². The SMILES string of the molecule is COC(=O)N[C@H](C(=O)N1CCC[C@H]1C1=CC=C(c2ccc(-c3ccc(-c4cnc(CN5CC(=O)N[C@@H](C(C)C)C5=O)[nH]4)cc3)cc2)C1)C(C)C. The van der Waals surface area contributed by atoms with Crippen LogP contribution < -0.4 is 10.6 Å². The number of amides is 4. The number of ether oxygens (including phenoxy) is 1. The van der Waals surface area contributed by atoms with Gasteiger partial charge in [-0.2, -0.15) is 0 Å². The molecule has 2 saturated heterocycles. The number of methoxy groups -OCH3 is 1. The van der Waals surface area contributed by atoms with Gasteiger partial charge in [-0.05, 0) is 64.5 Å². The molecule has 3 aliphatic rings. The highest BCUT2D eigenvalue weighted by molar-refractivity contribution is 5.95. The quantitative estimate of drug-likeness (QED) is 0.266. The summed E-state index contributed by atoms with van der Waals surface area (Å²) >= 11 is 0. The Kier molecular flexibility index (Phi) is 10.2. The summed E-state index contributed by atoms with van der Waals surface area (Å²) in [7, 11) is 1.31. The molecule has 262 valence electrons. The number of carbonyl (C=O) groups is 4. The number of carbonyl (C=O) groups excluding carboxylic acids is 4. The van der Waals surface area contributed by atoms with Gasteiger partial charge < -0.3 is 30.2 Å². The molecule has 0 bridgehead atoms. The van der Waals surface area contributed by atoms with Crippen LogP contribution in [0.5, 0.6) is 0 Å². The van der Waals surface area contributed by atoms with E-state index in [1.165, 1.54) is 18.3 Å². The summed E-state index contributed by atoms with van der Waals surface area (Å²) in [5.41, 5.74) is 7.59. The number of rotatable bonds is 10. The maximum absolute atomic E-state index is 13.5. The van der Waals surface area contributed by atoms with Crippen LogP contribution in [0.2, 0.25) is 0 Å². The Morgan fingerprint density at radius 2 is 1.62 bits per heavy atom. The fourth-order valence-corrected chi connectivity index (χ4v) is 7.07. The first kappa shape index (κ1) is 34.7. The van der Waals surface area contributed by atoms with E-state index >= 15 is 0 Å². The Morgan fingerprint density at radius 1 is 0.960 bits per heavy atom. The molecule has 0 unspecified atom stereocenters. The van der Waals surface area contributed by atoms with Crippen molar-refractivity contribution in [2.45, 2.75) is 71.6 Å². The summed E-state index contributed by atoms with van der Waals surface area (Å²) in [6.07, 6.45) is 8.09. The van der Waals surface area contributed by atoms with Crippen molar-refractivity contribution in [2.75, 3.05) is 20.2 Å². The number of aromatic amines is 1. The fraction of sp³-hybridized carbons (Fsp3) is 0.410. The molecule has 1 aromatic heterocycles. The second kappa shape index (κ2) is 14.7. The lowest BCUT2D eigenvalue weighted by Gasteiger charge is -2.33. The van der Waals surface area contributed by atoms with Gasteiger partial charge in [0.15, 0.2) is 0 Å². The summed E-state index contributed by atoms with van der Waals surface area (Å²) in [5, 5.41) is 5.51. The molecule has 3 aromatic rings. The van der Waals surface area contributed by atoms with E-state index < -0.39 is 18.2 Å². The molecule has 2 aromatic carbocycles. The molecule has 6 rings (SSSR count). The molecule has 11 nitrogen and oxygen atoms in total. The number of allylic oxidation sites excluding steroid dienone is 3. The Morgan fingerprint density at radius 3 is 2.26 bits per heavy atom. The number of alkyl carbamates (subject to hydrolysis) is 1. The zero-order chi connectivity index (χ0) is 35.5. The molecule has 3 atom stereocenters. The topological polar surface area (TPSA) is 137 Å². The van der Waals surface area contributed by atoms with Crippen LogP contribution in [0.1, 0.15) is 58.3 Å². The van der Waals surface area contributed by atoms with Gasteiger partial charge in [0.25, 0.3) is 0 Å². The van der Waals surface area contributed by atoms with Crippen LogP contribution >= 0.6 is 0 Å². The molecule has 50 heavy (non-hydrogen) atoms. The number of hydrogen-bond donors (Lipinski definition) is 3. The molecule has 1 aliphatic carbocycles.